The van der Waals surface area contributed by atoms with Crippen molar-refractivity contribution in [3.63, 3.8) is 0 Å². The van der Waals surface area contributed by atoms with Crippen LogP contribution in [0, 0.1) is 5.82 Å². The van der Waals surface area contributed by atoms with Gasteiger partial charge in [-0.25, -0.2) is 4.39 Å². The minimum absolute atomic E-state index is 0.168. The normalized spacial score (nSPS) is 11.2. The Morgan fingerprint density at radius 1 is 1.16 bits per heavy atom. The molecular weight excluding hydrogens is 353 g/mol. The van der Waals surface area contributed by atoms with E-state index in [0.717, 1.165) is 42.4 Å². The highest BCUT2D eigenvalue weighted by Gasteiger charge is 2.16. The predicted octanol–water partition coefficient (Wildman–Crippen LogP) is 5.80. The lowest BCUT2D eigenvalue weighted by molar-refractivity contribution is 0.615. The van der Waals surface area contributed by atoms with Crippen molar-refractivity contribution in [2.45, 2.75) is 50.6 Å². The number of nitrogens with zero attached hydrogens (tertiary/aromatic N) is 3. The third kappa shape index (κ3) is 4.30. The SMILES string of the molecule is CCCc1cc(-c2nnc(SCc3ccccc3F)n2CCC)cs1. The summed E-state index contributed by atoms with van der Waals surface area (Å²) in [5.74, 6) is 1.30. The van der Waals surface area contributed by atoms with E-state index in [2.05, 4.69) is 40.1 Å². The average Bonchev–Trinajstić information content (AvgIpc) is 3.22. The minimum Gasteiger partial charge on any atom is -0.302 e. The molecule has 132 valence electrons. The number of hydrogen-bond acceptors (Lipinski definition) is 4. The van der Waals surface area contributed by atoms with Crippen molar-refractivity contribution < 1.29 is 4.39 Å². The molecular formula is C19H22FN3S2. The highest BCUT2D eigenvalue weighted by Crippen LogP contribution is 2.30. The maximum Gasteiger partial charge on any atom is 0.191 e. The first-order chi connectivity index (χ1) is 12.2. The van der Waals surface area contributed by atoms with Crippen molar-refractivity contribution in [3.8, 4) is 11.4 Å². The van der Waals surface area contributed by atoms with Gasteiger partial charge in [0.1, 0.15) is 5.82 Å². The first-order valence-electron chi connectivity index (χ1n) is 8.60. The number of halogens is 1. The summed E-state index contributed by atoms with van der Waals surface area (Å²) in [6.45, 7) is 5.20. The van der Waals surface area contributed by atoms with Gasteiger partial charge in [0.15, 0.2) is 11.0 Å². The lowest BCUT2D eigenvalue weighted by atomic mass is 10.2. The second-order valence-electron chi connectivity index (χ2n) is 5.89. The fraction of sp³-hybridized carbons (Fsp3) is 0.368. The van der Waals surface area contributed by atoms with Crippen molar-refractivity contribution in [2.24, 2.45) is 0 Å². The standard InChI is InChI=1S/C19H22FN3S2/c1-3-7-16-11-15(13-24-16)18-21-22-19(23(18)10-4-2)25-12-14-8-5-6-9-17(14)20/h5-6,8-9,11,13H,3-4,7,10,12H2,1-2H3. The Bertz CT molecular complexity index is 826. The Morgan fingerprint density at radius 3 is 2.76 bits per heavy atom. The molecule has 0 aliphatic heterocycles. The van der Waals surface area contributed by atoms with Gasteiger partial charge >= 0.3 is 0 Å². The van der Waals surface area contributed by atoms with Gasteiger partial charge in [-0.15, -0.1) is 21.5 Å². The van der Waals surface area contributed by atoms with Gasteiger partial charge in [-0.2, -0.15) is 0 Å². The molecule has 0 atom stereocenters. The summed E-state index contributed by atoms with van der Waals surface area (Å²) in [7, 11) is 0. The van der Waals surface area contributed by atoms with E-state index in [-0.39, 0.29) is 5.82 Å². The number of thioether (sulfide) groups is 1. The van der Waals surface area contributed by atoms with E-state index >= 15 is 0 Å². The maximum atomic E-state index is 13.8. The summed E-state index contributed by atoms with van der Waals surface area (Å²) in [6.07, 6.45) is 3.25. The van der Waals surface area contributed by atoms with Gasteiger partial charge in [0.05, 0.1) is 0 Å². The van der Waals surface area contributed by atoms with Gasteiger partial charge in [-0.3, -0.25) is 0 Å². The number of benzene rings is 1. The largest absolute Gasteiger partial charge is 0.302 e. The van der Waals surface area contributed by atoms with Crippen molar-refractivity contribution >= 4 is 23.1 Å². The first-order valence-corrected chi connectivity index (χ1v) is 10.5. The summed E-state index contributed by atoms with van der Waals surface area (Å²) in [5.41, 5.74) is 1.83. The molecule has 0 radical (unpaired) electrons. The second kappa shape index (κ2) is 8.63. The van der Waals surface area contributed by atoms with E-state index in [4.69, 9.17) is 0 Å². The van der Waals surface area contributed by atoms with Crippen molar-refractivity contribution in [2.75, 3.05) is 0 Å². The van der Waals surface area contributed by atoms with E-state index in [9.17, 15) is 4.39 Å². The lowest BCUT2D eigenvalue weighted by Gasteiger charge is -2.08. The van der Waals surface area contributed by atoms with Crippen molar-refractivity contribution in [1.82, 2.24) is 14.8 Å². The fourth-order valence-electron chi connectivity index (χ4n) is 2.67. The monoisotopic (exact) mass is 375 g/mol. The molecule has 2 aromatic heterocycles. The van der Waals surface area contributed by atoms with Gasteiger partial charge in [0.2, 0.25) is 0 Å². The predicted molar refractivity (Wildman–Crippen MR) is 104 cm³/mol. The second-order valence-corrected chi connectivity index (χ2v) is 7.83. The molecule has 2 heterocycles. The molecule has 0 aliphatic carbocycles. The van der Waals surface area contributed by atoms with Crippen LogP contribution in [-0.2, 0) is 18.7 Å². The third-order valence-electron chi connectivity index (χ3n) is 3.89. The number of aromatic nitrogens is 3. The van der Waals surface area contributed by atoms with E-state index < -0.39 is 0 Å². The average molecular weight is 376 g/mol. The van der Waals surface area contributed by atoms with Crippen LogP contribution < -0.4 is 0 Å². The molecule has 0 amide bonds. The summed E-state index contributed by atoms with van der Waals surface area (Å²) < 4.78 is 16.0. The van der Waals surface area contributed by atoms with Crippen LogP contribution in [0.25, 0.3) is 11.4 Å². The molecule has 0 unspecified atom stereocenters. The molecule has 6 heteroatoms. The van der Waals surface area contributed by atoms with E-state index in [1.165, 1.54) is 22.7 Å². The van der Waals surface area contributed by atoms with E-state index in [0.29, 0.717) is 11.3 Å². The van der Waals surface area contributed by atoms with Crippen LogP contribution in [0.3, 0.4) is 0 Å². The Kier molecular flexibility index (Phi) is 6.26. The fourth-order valence-corrected chi connectivity index (χ4v) is 4.59. The molecule has 0 aliphatic rings. The quantitative estimate of drug-likeness (QED) is 0.466. The van der Waals surface area contributed by atoms with Crippen LogP contribution in [0.2, 0.25) is 0 Å². The van der Waals surface area contributed by atoms with Gasteiger partial charge in [-0.1, -0.05) is 50.2 Å². The Hall–Kier alpha value is -1.66. The number of rotatable bonds is 8. The van der Waals surface area contributed by atoms with E-state index in [1.54, 1.807) is 17.4 Å². The topological polar surface area (TPSA) is 30.7 Å². The van der Waals surface area contributed by atoms with Crippen LogP contribution in [-0.4, -0.2) is 14.8 Å². The smallest absolute Gasteiger partial charge is 0.191 e. The first kappa shape index (κ1) is 18.1. The van der Waals surface area contributed by atoms with E-state index in [1.807, 2.05) is 12.1 Å². The van der Waals surface area contributed by atoms with Crippen LogP contribution in [0.4, 0.5) is 4.39 Å². The molecule has 0 spiro atoms. The van der Waals surface area contributed by atoms with Gasteiger partial charge in [0.25, 0.3) is 0 Å². The van der Waals surface area contributed by atoms with Gasteiger partial charge < -0.3 is 4.57 Å². The molecule has 3 nitrogen and oxygen atoms in total. The Morgan fingerprint density at radius 2 is 2.00 bits per heavy atom. The zero-order valence-electron chi connectivity index (χ0n) is 14.5. The van der Waals surface area contributed by atoms with Gasteiger partial charge in [-0.05, 0) is 30.5 Å². The number of thiophene rings is 1. The molecule has 3 aromatic rings. The van der Waals surface area contributed by atoms with Crippen molar-refractivity contribution in [3.05, 3.63) is 52.0 Å². The summed E-state index contributed by atoms with van der Waals surface area (Å²) in [5, 5.41) is 11.8. The molecule has 0 bridgehead atoms. The maximum absolute atomic E-state index is 13.8. The van der Waals surface area contributed by atoms with Crippen LogP contribution >= 0.6 is 23.1 Å². The molecule has 25 heavy (non-hydrogen) atoms. The molecule has 3 rings (SSSR count). The zero-order chi connectivity index (χ0) is 17.6. The van der Waals surface area contributed by atoms with Gasteiger partial charge in [0, 0.05) is 28.1 Å². The Balaban J connectivity index is 1.82. The summed E-state index contributed by atoms with van der Waals surface area (Å²) in [4.78, 5) is 1.38. The van der Waals surface area contributed by atoms with Crippen LogP contribution in [0.1, 0.15) is 37.1 Å². The molecule has 0 saturated heterocycles. The molecule has 0 N–H and O–H groups in total. The lowest BCUT2D eigenvalue weighted by Crippen LogP contribution is -2.01. The van der Waals surface area contributed by atoms with Crippen LogP contribution in [0.5, 0.6) is 0 Å². The summed E-state index contributed by atoms with van der Waals surface area (Å²) in [6, 6.07) is 9.11. The Labute approximate surface area is 156 Å². The summed E-state index contributed by atoms with van der Waals surface area (Å²) >= 11 is 3.32. The zero-order valence-corrected chi connectivity index (χ0v) is 16.2. The van der Waals surface area contributed by atoms with Crippen molar-refractivity contribution in [1.29, 1.82) is 0 Å². The highest BCUT2D eigenvalue weighted by atomic mass is 32.2. The van der Waals surface area contributed by atoms with Crippen LogP contribution in [0.15, 0.2) is 40.9 Å². The highest BCUT2D eigenvalue weighted by molar-refractivity contribution is 7.98. The molecule has 0 fully saturated rings. The molecule has 0 saturated carbocycles. The molecule has 1 aromatic carbocycles. The third-order valence-corrected chi connectivity index (χ3v) is 5.90. The number of aryl methyl sites for hydroxylation is 1. The number of hydrogen-bond donors (Lipinski definition) is 0. The minimum atomic E-state index is -0.168.